The number of nitrogens with zero attached hydrogens (tertiary/aromatic N) is 1. The number of halogens is 4. The van der Waals surface area contributed by atoms with Crippen LogP contribution in [0.3, 0.4) is 0 Å². The molecule has 0 radical (unpaired) electrons. The van der Waals surface area contributed by atoms with Gasteiger partial charge in [-0.25, -0.2) is 17.6 Å². The van der Waals surface area contributed by atoms with Gasteiger partial charge in [0.05, 0.1) is 0 Å². The lowest BCUT2D eigenvalue weighted by atomic mass is 10.00. The molecule has 0 bridgehead atoms. The SMILES string of the molecule is N[C@@H](CC(=O)N1CCCNC(=O)C1Cc1ccccc1F)Cc1cc(F)c(F)cc1F. The maximum Gasteiger partial charge on any atom is 0.243 e. The van der Waals surface area contributed by atoms with Crippen LogP contribution >= 0.6 is 0 Å². The molecule has 5 nitrogen and oxygen atoms in total. The van der Waals surface area contributed by atoms with Crippen LogP contribution in [0.4, 0.5) is 17.6 Å². The molecule has 166 valence electrons. The van der Waals surface area contributed by atoms with Crippen LogP contribution in [-0.2, 0) is 22.4 Å². The van der Waals surface area contributed by atoms with E-state index in [1.807, 2.05) is 0 Å². The van der Waals surface area contributed by atoms with Crippen molar-refractivity contribution in [2.75, 3.05) is 13.1 Å². The van der Waals surface area contributed by atoms with Gasteiger partial charge in [-0.2, -0.15) is 0 Å². The number of amides is 2. The van der Waals surface area contributed by atoms with Crippen molar-refractivity contribution in [2.45, 2.75) is 37.8 Å². The van der Waals surface area contributed by atoms with E-state index in [2.05, 4.69) is 5.32 Å². The Morgan fingerprint density at radius 3 is 2.52 bits per heavy atom. The van der Waals surface area contributed by atoms with Gasteiger partial charge in [0.15, 0.2) is 11.6 Å². The third-order valence-corrected chi connectivity index (χ3v) is 5.25. The predicted octanol–water partition coefficient (Wildman–Crippen LogP) is 2.46. The smallest absolute Gasteiger partial charge is 0.243 e. The topological polar surface area (TPSA) is 75.4 Å². The van der Waals surface area contributed by atoms with E-state index in [4.69, 9.17) is 5.73 Å². The molecule has 3 N–H and O–H groups in total. The first-order valence-electron chi connectivity index (χ1n) is 9.96. The Hall–Kier alpha value is -2.94. The van der Waals surface area contributed by atoms with Crippen LogP contribution in [0.15, 0.2) is 36.4 Å². The van der Waals surface area contributed by atoms with Crippen molar-refractivity contribution in [3.63, 3.8) is 0 Å². The van der Waals surface area contributed by atoms with E-state index < -0.39 is 47.2 Å². The first kappa shape index (κ1) is 22.7. The second-order valence-electron chi connectivity index (χ2n) is 7.57. The minimum Gasteiger partial charge on any atom is -0.354 e. The Morgan fingerprint density at radius 1 is 1.06 bits per heavy atom. The van der Waals surface area contributed by atoms with Gasteiger partial charge in [0.2, 0.25) is 11.8 Å². The molecule has 1 saturated heterocycles. The number of rotatable bonds is 6. The molecule has 2 aromatic carbocycles. The summed E-state index contributed by atoms with van der Waals surface area (Å²) in [7, 11) is 0. The van der Waals surface area contributed by atoms with Crippen molar-refractivity contribution in [1.82, 2.24) is 10.2 Å². The van der Waals surface area contributed by atoms with Gasteiger partial charge in [-0.3, -0.25) is 9.59 Å². The normalized spacial score (nSPS) is 17.8. The van der Waals surface area contributed by atoms with Gasteiger partial charge in [0.1, 0.15) is 17.7 Å². The molecule has 2 atom stereocenters. The van der Waals surface area contributed by atoms with Crippen molar-refractivity contribution in [3.8, 4) is 0 Å². The fraction of sp³-hybridized carbons (Fsp3) is 0.364. The summed E-state index contributed by atoms with van der Waals surface area (Å²) in [5.74, 6) is -4.78. The highest BCUT2D eigenvalue weighted by atomic mass is 19.2. The maximum atomic E-state index is 14.1. The number of hydrogen-bond acceptors (Lipinski definition) is 3. The van der Waals surface area contributed by atoms with Gasteiger partial charge in [0.25, 0.3) is 0 Å². The summed E-state index contributed by atoms with van der Waals surface area (Å²) in [4.78, 5) is 26.8. The first-order valence-corrected chi connectivity index (χ1v) is 9.96. The van der Waals surface area contributed by atoms with Crippen LogP contribution in [0.1, 0.15) is 24.0 Å². The summed E-state index contributed by atoms with van der Waals surface area (Å²) < 4.78 is 54.5. The van der Waals surface area contributed by atoms with Gasteiger partial charge in [-0.15, -0.1) is 0 Å². The molecule has 1 aliphatic heterocycles. The standard InChI is InChI=1S/C22H23F4N3O2/c23-16-5-2-1-4-13(16)10-20-22(31)28-6-3-7-29(20)21(30)11-15(27)8-14-9-18(25)19(26)12-17(14)24/h1-2,4-5,9,12,15,20H,3,6-8,10-11,27H2,(H,28,31)/t15-,20?/m1/s1. The molecule has 2 amide bonds. The van der Waals surface area contributed by atoms with Crippen LogP contribution in [0.5, 0.6) is 0 Å². The average Bonchev–Trinajstić information content (AvgIpc) is 2.89. The summed E-state index contributed by atoms with van der Waals surface area (Å²) in [5.41, 5.74) is 6.13. The van der Waals surface area contributed by atoms with Crippen molar-refractivity contribution in [2.24, 2.45) is 5.73 Å². The van der Waals surface area contributed by atoms with E-state index in [-0.39, 0.29) is 31.4 Å². The Morgan fingerprint density at radius 2 is 1.77 bits per heavy atom. The van der Waals surface area contributed by atoms with E-state index in [9.17, 15) is 27.2 Å². The highest BCUT2D eigenvalue weighted by Gasteiger charge is 2.33. The highest BCUT2D eigenvalue weighted by molar-refractivity contribution is 5.88. The van der Waals surface area contributed by atoms with E-state index in [1.54, 1.807) is 12.1 Å². The third kappa shape index (κ3) is 5.61. The quantitative estimate of drug-likeness (QED) is 0.539. The molecule has 0 aromatic heterocycles. The summed E-state index contributed by atoms with van der Waals surface area (Å²) in [6.45, 7) is 0.644. The summed E-state index contributed by atoms with van der Waals surface area (Å²) in [6.07, 6.45) is 0.0852. The molecule has 1 fully saturated rings. The van der Waals surface area contributed by atoms with E-state index in [0.717, 1.165) is 6.07 Å². The second kappa shape index (κ2) is 9.91. The summed E-state index contributed by atoms with van der Waals surface area (Å²) >= 11 is 0. The molecule has 3 rings (SSSR count). The van der Waals surface area contributed by atoms with Gasteiger partial charge >= 0.3 is 0 Å². The number of benzene rings is 2. The average molecular weight is 437 g/mol. The van der Waals surface area contributed by atoms with E-state index in [1.165, 1.54) is 17.0 Å². The van der Waals surface area contributed by atoms with Crippen LogP contribution < -0.4 is 11.1 Å². The lowest BCUT2D eigenvalue weighted by Gasteiger charge is -2.29. The van der Waals surface area contributed by atoms with Crippen molar-refractivity contribution >= 4 is 11.8 Å². The molecule has 0 spiro atoms. The number of carbonyl (C=O) groups excluding carboxylic acids is 2. The van der Waals surface area contributed by atoms with Gasteiger partial charge in [-0.05, 0) is 36.1 Å². The highest BCUT2D eigenvalue weighted by Crippen LogP contribution is 2.19. The van der Waals surface area contributed by atoms with Crippen molar-refractivity contribution < 1.29 is 27.2 Å². The van der Waals surface area contributed by atoms with Crippen LogP contribution in [0, 0.1) is 23.3 Å². The minimum atomic E-state index is -1.31. The van der Waals surface area contributed by atoms with Gasteiger partial charge < -0.3 is 16.0 Å². The molecule has 1 unspecified atom stereocenters. The van der Waals surface area contributed by atoms with Crippen molar-refractivity contribution in [3.05, 3.63) is 70.8 Å². The van der Waals surface area contributed by atoms with E-state index in [0.29, 0.717) is 24.6 Å². The molecule has 1 heterocycles. The second-order valence-corrected chi connectivity index (χ2v) is 7.57. The van der Waals surface area contributed by atoms with Crippen LogP contribution in [-0.4, -0.2) is 41.9 Å². The molecule has 9 heteroatoms. The maximum absolute atomic E-state index is 14.1. The minimum absolute atomic E-state index is 0.00269. The molecular formula is C22H23F4N3O2. The molecule has 0 aliphatic carbocycles. The zero-order valence-corrected chi connectivity index (χ0v) is 16.7. The molecule has 2 aromatic rings. The van der Waals surface area contributed by atoms with Crippen LogP contribution in [0.25, 0.3) is 0 Å². The largest absolute Gasteiger partial charge is 0.354 e. The molecule has 1 aliphatic rings. The zero-order valence-electron chi connectivity index (χ0n) is 16.7. The van der Waals surface area contributed by atoms with Crippen LogP contribution in [0.2, 0.25) is 0 Å². The fourth-order valence-corrected chi connectivity index (χ4v) is 3.67. The predicted molar refractivity (Wildman–Crippen MR) is 106 cm³/mol. The molecule has 31 heavy (non-hydrogen) atoms. The number of nitrogens with two attached hydrogens (primary N) is 1. The zero-order chi connectivity index (χ0) is 22.5. The molecular weight excluding hydrogens is 414 g/mol. The number of hydrogen-bond donors (Lipinski definition) is 2. The van der Waals surface area contributed by atoms with Crippen molar-refractivity contribution in [1.29, 1.82) is 0 Å². The lowest BCUT2D eigenvalue weighted by molar-refractivity contribution is -0.139. The lowest BCUT2D eigenvalue weighted by Crippen LogP contribution is -2.49. The number of nitrogens with one attached hydrogen (secondary N) is 1. The monoisotopic (exact) mass is 437 g/mol. The first-order chi connectivity index (χ1) is 14.8. The fourth-order valence-electron chi connectivity index (χ4n) is 3.67. The Labute approximate surface area is 177 Å². The Bertz CT molecular complexity index is 970. The Kier molecular flexibility index (Phi) is 7.27. The molecule has 0 saturated carbocycles. The van der Waals surface area contributed by atoms with E-state index >= 15 is 0 Å². The van der Waals surface area contributed by atoms with Gasteiger partial charge in [0, 0.05) is 38.0 Å². The summed E-state index contributed by atoms with van der Waals surface area (Å²) in [5, 5.41) is 2.72. The third-order valence-electron chi connectivity index (χ3n) is 5.25. The van der Waals surface area contributed by atoms with Gasteiger partial charge in [-0.1, -0.05) is 18.2 Å². The summed E-state index contributed by atoms with van der Waals surface area (Å²) in [6, 6.07) is 5.36. The number of carbonyl (C=O) groups is 2. The Balaban J connectivity index is 1.73.